The minimum absolute atomic E-state index is 0.172. The van der Waals surface area contributed by atoms with Crippen LogP contribution in [-0.2, 0) is 13.6 Å². The van der Waals surface area contributed by atoms with Crippen molar-refractivity contribution in [2.75, 3.05) is 0 Å². The lowest BCUT2D eigenvalue weighted by atomic mass is 10.1. The molecule has 0 unspecified atom stereocenters. The Hall–Kier alpha value is -3.06. The molecule has 7 nitrogen and oxygen atoms in total. The Morgan fingerprint density at radius 2 is 1.88 bits per heavy atom. The molecule has 1 heterocycles. The van der Waals surface area contributed by atoms with E-state index in [2.05, 4.69) is 4.74 Å². The molecule has 0 spiro atoms. The second kappa shape index (κ2) is 6.82. The van der Waals surface area contributed by atoms with E-state index in [1.165, 1.54) is 19.2 Å². The number of alkyl halides is 3. The van der Waals surface area contributed by atoms with Gasteiger partial charge in [0.1, 0.15) is 17.4 Å². The molecule has 2 aromatic rings. The number of nitriles is 1. The van der Waals surface area contributed by atoms with Gasteiger partial charge in [-0.3, -0.25) is 9.36 Å². The van der Waals surface area contributed by atoms with Gasteiger partial charge in [-0.15, -0.1) is 13.2 Å². The van der Waals surface area contributed by atoms with Gasteiger partial charge in [0.25, 0.3) is 5.56 Å². The van der Waals surface area contributed by atoms with Crippen LogP contribution in [0.5, 0.6) is 5.75 Å². The van der Waals surface area contributed by atoms with Crippen molar-refractivity contribution in [1.29, 1.82) is 5.26 Å². The molecule has 0 radical (unpaired) electrons. The van der Waals surface area contributed by atoms with Crippen LogP contribution < -0.4 is 16.0 Å². The average molecular weight is 355 g/mol. The van der Waals surface area contributed by atoms with Gasteiger partial charge in [0, 0.05) is 13.2 Å². The molecule has 1 aromatic carbocycles. The van der Waals surface area contributed by atoms with Crippen molar-refractivity contribution in [1.82, 2.24) is 9.13 Å². The fourth-order valence-electron chi connectivity index (χ4n) is 2.13. The zero-order chi connectivity index (χ0) is 18.8. The normalized spacial score (nSPS) is 12.5. The first-order valence-corrected chi connectivity index (χ1v) is 6.86. The van der Waals surface area contributed by atoms with Gasteiger partial charge in [-0.05, 0) is 17.7 Å². The van der Waals surface area contributed by atoms with E-state index < -0.39 is 36.0 Å². The number of halogens is 3. The summed E-state index contributed by atoms with van der Waals surface area (Å²) in [5.74, 6) is -0.469. The molecule has 0 bridgehead atoms. The second-order valence-corrected chi connectivity index (χ2v) is 5.10. The number of ether oxygens (including phenoxy) is 1. The van der Waals surface area contributed by atoms with Crippen molar-refractivity contribution >= 4 is 0 Å². The minimum atomic E-state index is -4.84. The summed E-state index contributed by atoms with van der Waals surface area (Å²) in [6.45, 7) is -0.458. The third-order valence-electron chi connectivity index (χ3n) is 3.31. The number of aromatic nitrogens is 2. The largest absolute Gasteiger partial charge is 0.573 e. The number of rotatable bonds is 4. The molecular weight excluding hydrogens is 343 g/mol. The standard InChI is InChI=1S/C15H12F3N3O4/c1-20-7-10(6-19)13(23)21(14(20)24)8-12(22)9-2-4-11(5-3-9)25-15(16,17)18/h2-5,7,12,22H,8H2,1H3/t12-/m1/s1. The third kappa shape index (κ3) is 4.27. The Morgan fingerprint density at radius 1 is 1.28 bits per heavy atom. The number of aliphatic hydroxyl groups excluding tert-OH is 1. The monoisotopic (exact) mass is 355 g/mol. The SMILES string of the molecule is Cn1cc(C#N)c(=O)n(C[C@@H](O)c2ccc(OC(F)(F)F)cc2)c1=O. The predicted octanol–water partition coefficient (Wildman–Crippen LogP) is 1.05. The van der Waals surface area contributed by atoms with Crippen molar-refractivity contribution in [3.63, 3.8) is 0 Å². The fraction of sp³-hybridized carbons (Fsp3) is 0.267. The van der Waals surface area contributed by atoms with Crippen LogP contribution in [-0.4, -0.2) is 20.6 Å². The smallest absolute Gasteiger partial charge is 0.406 e. The first kappa shape index (κ1) is 18.3. The lowest BCUT2D eigenvalue weighted by Crippen LogP contribution is -2.41. The summed E-state index contributed by atoms with van der Waals surface area (Å²) in [5.41, 5.74) is -1.70. The highest BCUT2D eigenvalue weighted by atomic mass is 19.4. The van der Waals surface area contributed by atoms with Gasteiger partial charge < -0.3 is 14.4 Å². The Balaban J connectivity index is 2.28. The third-order valence-corrected chi connectivity index (χ3v) is 3.31. The van der Waals surface area contributed by atoms with Gasteiger partial charge in [0.2, 0.25) is 0 Å². The Morgan fingerprint density at radius 3 is 2.40 bits per heavy atom. The van der Waals surface area contributed by atoms with E-state index in [1.807, 2.05) is 0 Å². The maximum absolute atomic E-state index is 12.1. The average Bonchev–Trinajstić information content (AvgIpc) is 2.54. The molecule has 132 valence electrons. The Labute approximate surface area is 138 Å². The molecule has 0 amide bonds. The van der Waals surface area contributed by atoms with Crippen LogP contribution in [0.25, 0.3) is 0 Å². The zero-order valence-electron chi connectivity index (χ0n) is 12.8. The van der Waals surface area contributed by atoms with Gasteiger partial charge in [-0.25, -0.2) is 4.79 Å². The van der Waals surface area contributed by atoms with Crippen LogP contribution in [0.3, 0.4) is 0 Å². The quantitative estimate of drug-likeness (QED) is 0.884. The molecule has 1 aromatic heterocycles. The van der Waals surface area contributed by atoms with Gasteiger partial charge in [-0.1, -0.05) is 12.1 Å². The highest BCUT2D eigenvalue weighted by Gasteiger charge is 2.31. The molecule has 0 saturated carbocycles. The van der Waals surface area contributed by atoms with E-state index in [-0.39, 0.29) is 11.1 Å². The van der Waals surface area contributed by atoms with Crippen LogP contribution in [0.15, 0.2) is 40.1 Å². The molecule has 1 N–H and O–H groups in total. The first-order valence-electron chi connectivity index (χ1n) is 6.86. The van der Waals surface area contributed by atoms with Crippen molar-refractivity contribution in [2.45, 2.75) is 19.0 Å². The highest BCUT2D eigenvalue weighted by molar-refractivity contribution is 5.29. The molecule has 0 fully saturated rings. The van der Waals surface area contributed by atoms with E-state index in [0.717, 1.165) is 22.9 Å². The summed E-state index contributed by atoms with van der Waals surface area (Å²) >= 11 is 0. The number of hydrogen-bond donors (Lipinski definition) is 1. The van der Waals surface area contributed by atoms with Gasteiger partial charge in [0.15, 0.2) is 0 Å². The topological polar surface area (TPSA) is 97.2 Å². The maximum Gasteiger partial charge on any atom is 0.573 e. The highest BCUT2D eigenvalue weighted by Crippen LogP contribution is 2.24. The first-order chi connectivity index (χ1) is 11.6. The van der Waals surface area contributed by atoms with Crippen LogP contribution in [0.2, 0.25) is 0 Å². The fourth-order valence-corrected chi connectivity index (χ4v) is 2.13. The van der Waals surface area contributed by atoms with Crippen LogP contribution in [0.1, 0.15) is 17.2 Å². The molecule has 0 aliphatic heterocycles. The molecule has 0 aliphatic carbocycles. The van der Waals surface area contributed by atoms with E-state index in [0.29, 0.717) is 4.57 Å². The van der Waals surface area contributed by atoms with Gasteiger partial charge in [-0.2, -0.15) is 5.26 Å². The molecule has 0 aliphatic rings. The van der Waals surface area contributed by atoms with Crippen molar-refractivity contribution in [2.24, 2.45) is 7.05 Å². The summed E-state index contributed by atoms with van der Waals surface area (Å²) in [5, 5.41) is 19.0. The van der Waals surface area contributed by atoms with Crippen LogP contribution in [0.4, 0.5) is 13.2 Å². The van der Waals surface area contributed by atoms with E-state index in [9.17, 15) is 27.9 Å². The summed E-state index contributed by atoms with van der Waals surface area (Å²) in [6.07, 6.45) is -5.10. The predicted molar refractivity (Wildman–Crippen MR) is 78.7 cm³/mol. The molecular formula is C15H12F3N3O4. The van der Waals surface area contributed by atoms with Gasteiger partial charge >= 0.3 is 12.1 Å². The lowest BCUT2D eigenvalue weighted by molar-refractivity contribution is -0.274. The Bertz CT molecular complexity index is 923. The molecule has 2 rings (SSSR count). The van der Waals surface area contributed by atoms with Crippen LogP contribution in [0, 0.1) is 11.3 Å². The van der Waals surface area contributed by atoms with Crippen molar-refractivity contribution < 1.29 is 23.0 Å². The van der Waals surface area contributed by atoms with Crippen molar-refractivity contribution in [3.8, 4) is 11.8 Å². The van der Waals surface area contributed by atoms with Crippen LogP contribution >= 0.6 is 0 Å². The number of aliphatic hydroxyl groups is 1. The van der Waals surface area contributed by atoms with E-state index in [1.54, 1.807) is 6.07 Å². The number of nitrogens with zero attached hydrogens (tertiary/aromatic N) is 3. The van der Waals surface area contributed by atoms with E-state index >= 15 is 0 Å². The second-order valence-electron chi connectivity index (χ2n) is 5.10. The van der Waals surface area contributed by atoms with E-state index in [4.69, 9.17) is 5.26 Å². The summed E-state index contributed by atoms with van der Waals surface area (Å²) < 4.78 is 41.8. The van der Waals surface area contributed by atoms with Crippen molar-refractivity contribution in [3.05, 3.63) is 62.4 Å². The molecule has 10 heteroatoms. The lowest BCUT2D eigenvalue weighted by Gasteiger charge is -2.14. The summed E-state index contributed by atoms with van der Waals surface area (Å²) in [7, 11) is 1.34. The Kier molecular flexibility index (Phi) is 4.99. The molecule has 25 heavy (non-hydrogen) atoms. The zero-order valence-corrected chi connectivity index (χ0v) is 12.8. The molecule has 1 atom stereocenters. The number of hydrogen-bond acceptors (Lipinski definition) is 5. The molecule has 0 saturated heterocycles. The number of benzene rings is 1. The minimum Gasteiger partial charge on any atom is -0.406 e. The summed E-state index contributed by atoms with van der Waals surface area (Å²) in [4.78, 5) is 24.0. The summed E-state index contributed by atoms with van der Waals surface area (Å²) in [6, 6.07) is 6.00. The number of aryl methyl sites for hydroxylation is 1. The van der Waals surface area contributed by atoms with Gasteiger partial charge in [0.05, 0.1) is 12.6 Å². The maximum atomic E-state index is 12.1.